The third-order valence-electron chi connectivity index (χ3n) is 1.98. The summed E-state index contributed by atoms with van der Waals surface area (Å²) in [6.45, 7) is 0. The second-order valence-corrected chi connectivity index (χ2v) is 6.66. The number of hydrogen-bond donors (Lipinski definition) is 1. The van der Waals surface area contributed by atoms with Crippen LogP contribution in [0.3, 0.4) is 0 Å². The van der Waals surface area contributed by atoms with E-state index < -0.39 is 24.9 Å². The zero-order valence-corrected chi connectivity index (χ0v) is 13.4. The normalized spacial score (nSPS) is 16.3. The molecule has 0 radical (unpaired) electrons. The first kappa shape index (κ1) is 15.9. The van der Waals surface area contributed by atoms with Gasteiger partial charge >= 0.3 is 29.6 Å². The van der Waals surface area contributed by atoms with Crippen molar-refractivity contribution in [3.05, 3.63) is 21.9 Å². The smallest absolute Gasteiger partial charge is 0.441 e. The summed E-state index contributed by atoms with van der Waals surface area (Å²) in [5.74, 6) is 0. The fourth-order valence-electron chi connectivity index (χ4n) is 1.25. The van der Waals surface area contributed by atoms with Gasteiger partial charge in [0.2, 0.25) is 20.0 Å². The molecule has 1 aliphatic rings. The van der Waals surface area contributed by atoms with Crippen molar-refractivity contribution in [2.45, 2.75) is 9.79 Å². The largest absolute Gasteiger partial charge is 1.00 e. The van der Waals surface area contributed by atoms with Gasteiger partial charge in [0.15, 0.2) is 0 Å². The predicted molar refractivity (Wildman–Crippen MR) is 61.5 cm³/mol. The Morgan fingerprint density at radius 3 is 2.50 bits per heavy atom. The van der Waals surface area contributed by atoms with E-state index in [1.807, 2.05) is 0 Å². The monoisotopic (exact) mass is 317 g/mol. The van der Waals surface area contributed by atoms with E-state index in [9.17, 15) is 16.8 Å². The topological polar surface area (TPSA) is 121 Å². The number of aliphatic imine (C=N–C) groups is 1. The van der Waals surface area contributed by atoms with E-state index in [0.717, 1.165) is 18.5 Å². The summed E-state index contributed by atoms with van der Waals surface area (Å²) in [5, 5.41) is 4.71. The summed E-state index contributed by atoms with van der Waals surface area (Å²) in [6, 6.07) is 1.96. The molecule has 0 aromatic heterocycles. The quantitative estimate of drug-likeness (QED) is 0.587. The standard InChI is InChI=1S/C7H5ClN3O4S2.Na/c8-4-1-5-7(2-6(4)16(9,12)13)17(14,15)11-3-10-5;/h1-3H,(H2-,9,10,11,12,13);/q-1;+1. The summed E-state index contributed by atoms with van der Waals surface area (Å²) in [5.41, 5.74) is 0.0254. The number of hydrogen-bond acceptors (Lipinski definition) is 5. The second-order valence-electron chi connectivity index (χ2n) is 3.12. The molecule has 0 bridgehead atoms. The first-order chi connectivity index (χ1) is 7.72. The van der Waals surface area contributed by atoms with Crippen molar-refractivity contribution in [1.82, 2.24) is 0 Å². The first-order valence-electron chi connectivity index (χ1n) is 4.08. The molecular weight excluding hydrogens is 313 g/mol. The summed E-state index contributed by atoms with van der Waals surface area (Å²) < 4.78 is 48.6. The molecule has 0 amide bonds. The van der Waals surface area contributed by atoms with Crippen molar-refractivity contribution in [3.8, 4) is 0 Å². The Bertz CT molecular complexity index is 729. The minimum Gasteiger partial charge on any atom is -0.441 e. The predicted octanol–water partition coefficient (Wildman–Crippen LogP) is -2.27. The van der Waals surface area contributed by atoms with Crippen LogP contribution in [0.4, 0.5) is 5.69 Å². The Hall–Kier alpha value is -0.160. The average Bonchev–Trinajstić information content (AvgIpc) is 2.13. The van der Waals surface area contributed by atoms with Gasteiger partial charge in [0.05, 0.1) is 9.92 Å². The number of sulfonamides is 2. The van der Waals surface area contributed by atoms with Gasteiger partial charge in [-0.1, -0.05) is 17.9 Å². The maximum absolute atomic E-state index is 11.5. The van der Waals surface area contributed by atoms with Gasteiger partial charge in [0.25, 0.3) is 0 Å². The zero-order chi connectivity index (χ0) is 12.8. The Balaban J connectivity index is 0.00000162. The Labute approximate surface area is 131 Å². The number of nitrogens with two attached hydrogens (primary N) is 1. The minimum atomic E-state index is -4.11. The number of fused-ring (bicyclic) bond motifs is 1. The molecule has 11 heteroatoms. The summed E-state index contributed by atoms with van der Waals surface area (Å²) in [6.07, 6.45) is 0.852. The van der Waals surface area contributed by atoms with Crippen molar-refractivity contribution < 1.29 is 46.4 Å². The molecular formula is C7H5ClN3NaO4S2. The van der Waals surface area contributed by atoms with E-state index in [2.05, 4.69) is 9.71 Å². The third kappa shape index (κ3) is 2.87. The van der Waals surface area contributed by atoms with Gasteiger partial charge in [-0.2, -0.15) is 0 Å². The van der Waals surface area contributed by atoms with Crippen LogP contribution in [0.25, 0.3) is 4.72 Å². The molecule has 92 valence electrons. The van der Waals surface area contributed by atoms with Gasteiger partial charge in [0, 0.05) is 0 Å². The van der Waals surface area contributed by atoms with Crippen molar-refractivity contribution in [2.75, 3.05) is 0 Å². The van der Waals surface area contributed by atoms with Crippen LogP contribution in [-0.2, 0) is 20.0 Å². The fraction of sp³-hybridized carbons (Fsp3) is 0. The van der Waals surface area contributed by atoms with E-state index in [4.69, 9.17) is 16.7 Å². The van der Waals surface area contributed by atoms with Gasteiger partial charge in [-0.15, -0.1) is 0 Å². The third-order valence-corrected chi connectivity index (χ3v) is 4.61. The molecule has 0 atom stereocenters. The molecule has 0 aliphatic carbocycles. The van der Waals surface area contributed by atoms with Gasteiger partial charge in [0.1, 0.15) is 4.90 Å². The number of halogens is 1. The van der Waals surface area contributed by atoms with Crippen molar-refractivity contribution >= 4 is 43.7 Å². The molecule has 18 heavy (non-hydrogen) atoms. The molecule has 7 nitrogen and oxygen atoms in total. The summed E-state index contributed by atoms with van der Waals surface area (Å²) in [4.78, 5) is 2.86. The molecule has 0 unspecified atom stereocenters. The van der Waals surface area contributed by atoms with Crippen LogP contribution in [0.5, 0.6) is 0 Å². The number of rotatable bonds is 1. The van der Waals surface area contributed by atoms with Crippen LogP contribution in [-0.4, -0.2) is 23.2 Å². The van der Waals surface area contributed by atoms with Crippen LogP contribution in [0, 0.1) is 0 Å². The van der Waals surface area contributed by atoms with Crippen LogP contribution in [0.2, 0.25) is 5.02 Å². The molecule has 0 fully saturated rings. The fourth-order valence-corrected chi connectivity index (χ4v) is 3.35. The molecule has 1 aromatic carbocycles. The van der Waals surface area contributed by atoms with Crippen LogP contribution in [0.15, 0.2) is 26.9 Å². The Kier molecular flexibility index (Phi) is 4.49. The molecule has 1 aromatic rings. The number of nitrogens with zero attached hydrogens (tertiary/aromatic N) is 2. The SMILES string of the molecule is NS(=O)(=O)c1cc2c(cc1Cl)N=C[N-]S2(=O)=O.[Na+]. The summed E-state index contributed by atoms with van der Waals surface area (Å²) in [7, 11) is -8.05. The van der Waals surface area contributed by atoms with E-state index in [0.29, 0.717) is 0 Å². The Morgan fingerprint density at radius 2 is 1.94 bits per heavy atom. The van der Waals surface area contributed by atoms with Gasteiger partial charge in [-0.25, -0.2) is 22.0 Å². The maximum Gasteiger partial charge on any atom is 1.00 e. The maximum atomic E-state index is 11.5. The van der Waals surface area contributed by atoms with Crippen molar-refractivity contribution in [1.29, 1.82) is 0 Å². The molecule has 2 rings (SSSR count). The molecule has 0 saturated heterocycles. The second kappa shape index (κ2) is 5.08. The molecule has 1 heterocycles. The van der Waals surface area contributed by atoms with E-state index >= 15 is 0 Å². The zero-order valence-electron chi connectivity index (χ0n) is 9.03. The van der Waals surface area contributed by atoms with E-state index in [-0.39, 0.29) is 45.2 Å². The molecule has 0 saturated carbocycles. The van der Waals surface area contributed by atoms with Crippen molar-refractivity contribution in [2.24, 2.45) is 10.1 Å². The molecule has 1 aliphatic heterocycles. The van der Waals surface area contributed by atoms with E-state index in [1.165, 1.54) is 0 Å². The molecule has 2 N–H and O–H groups in total. The first-order valence-corrected chi connectivity index (χ1v) is 7.44. The Morgan fingerprint density at radius 1 is 1.33 bits per heavy atom. The minimum absolute atomic E-state index is 0. The summed E-state index contributed by atoms with van der Waals surface area (Å²) >= 11 is 5.68. The van der Waals surface area contributed by atoms with E-state index in [1.54, 1.807) is 0 Å². The van der Waals surface area contributed by atoms with Crippen LogP contribution >= 0.6 is 11.6 Å². The van der Waals surface area contributed by atoms with Gasteiger partial charge in [-0.05, 0) is 17.8 Å². The number of primary sulfonamides is 1. The van der Waals surface area contributed by atoms with Crippen molar-refractivity contribution in [3.63, 3.8) is 0 Å². The van der Waals surface area contributed by atoms with Gasteiger partial charge in [-0.3, -0.25) is 0 Å². The molecule has 0 spiro atoms. The van der Waals surface area contributed by atoms with Gasteiger partial charge < -0.3 is 9.71 Å². The average molecular weight is 318 g/mol. The number of benzene rings is 1. The van der Waals surface area contributed by atoms with Crippen LogP contribution in [0.1, 0.15) is 0 Å². The van der Waals surface area contributed by atoms with Crippen LogP contribution < -0.4 is 34.7 Å².